The number of carbonyl (C=O) groups is 3. The number of alkyl halides is 1. The molecule has 26 heavy (non-hydrogen) atoms. The standard InChI is InChI=1S/C17H16BrClFNO5/c1-9(22)25-14-15(24)17(2,13-10(19)5-3-6-11(13)20)26-16(14)21-12(23)7-4-8-18/h3,5-6H,4,7-8H2,1-2H3,(H,21,23). The average Bonchev–Trinajstić information content (AvgIpc) is 2.77. The number of carbonyl (C=O) groups excluding carboxylic acids is 3. The summed E-state index contributed by atoms with van der Waals surface area (Å²) in [6.07, 6.45) is 0.698. The van der Waals surface area contributed by atoms with E-state index in [1.807, 2.05) is 0 Å². The molecule has 1 N–H and O–H groups in total. The lowest BCUT2D eigenvalue weighted by Crippen LogP contribution is -2.34. The van der Waals surface area contributed by atoms with E-state index in [1.54, 1.807) is 0 Å². The van der Waals surface area contributed by atoms with Gasteiger partial charge < -0.3 is 9.47 Å². The smallest absolute Gasteiger partial charge is 0.308 e. The van der Waals surface area contributed by atoms with Gasteiger partial charge in [-0.2, -0.15) is 0 Å². The van der Waals surface area contributed by atoms with Gasteiger partial charge in [0.1, 0.15) is 5.82 Å². The molecular formula is C17H16BrClFNO5. The van der Waals surface area contributed by atoms with Crippen LogP contribution >= 0.6 is 27.5 Å². The maximum Gasteiger partial charge on any atom is 0.308 e. The number of hydrogen-bond donors (Lipinski definition) is 1. The van der Waals surface area contributed by atoms with Gasteiger partial charge in [0.15, 0.2) is 0 Å². The maximum atomic E-state index is 14.3. The van der Waals surface area contributed by atoms with E-state index < -0.39 is 34.8 Å². The van der Waals surface area contributed by atoms with Gasteiger partial charge in [0.05, 0.1) is 10.6 Å². The second kappa shape index (κ2) is 8.18. The first-order chi connectivity index (χ1) is 12.2. The Morgan fingerprint density at radius 1 is 1.42 bits per heavy atom. The highest BCUT2D eigenvalue weighted by Gasteiger charge is 2.52. The van der Waals surface area contributed by atoms with Crippen LogP contribution in [0.4, 0.5) is 4.39 Å². The highest BCUT2D eigenvalue weighted by atomic mass is 79.9. The molecule has 1 aliphatic heterocycles. The molecule has 0 aliphatic carbocycles. The lowest BCUT2D eigenvalue weighted by molar-refractivity contribution is -0.142. The Balaban J connectivity index is 2.42. The Bertz CT molecular complexity index is 777. The molecule has 0 aromatic heterocycles. The Labute approximate surface area is 162 Å². The quantitative estimate of drug-likeness (QED) is 0.533. The monoisotopic (exact) mass is 447 g/mol. The first kappa shape index (κ1) is 20.4. The zero-order valence-electron chi connectivity index (χ0n) is 14.0. The number of amides is 1. The highest BCUT2D eigenvalue weighted by molar-refractivity contribution is 9.09. The zero-order valence-corrected chi connectivity index (χ0v) is 16.4. The van der Waals surface area contributed by atoms with Gasteiger partial charge in [0.2, 0.25) is 23.2 Å². The van der Waals surface area contributed by atoms with Crippen molar-refractivity contribution in [2.45, 2.75) is 32.3 Å². The molecule has 1 unspecified atom stereocenters. The summed E-state index contributed by atoms with van der Waals surface area (Å²) in [5.74, 6) is -3.65. The van der Waals surface area contributed by atoms with Crippen LogP contribution < -0.4 is 5.32 Å². The molecule has 0 fully saturated rings. The number of nitrogens with one attached hydrogen (secondary N) is 1. The number of ketones is 1. The van der Waals surface area contributed by atoms with Crippen molar-refractivity contribution in [3.8, 4) is 0 Å². The summed E-state index contributed by atoms with van der Waals surface area (Å²) >= 11 is 9.26. The van der Waals surface area contributed by atoms with Crippen LogP contribution in [0.2, 0.25) is 5.02 Å². The second-order valence-corrected chi connectivity index (χ2v) is 6.85. The number of Topliss-reactive ketones (excluding diaryl/α,β-unsaturated/α-hetero) is 1. The first-order valence-electron chi connectivity index (χ1n) is 7.67. The molecule has 0 spiro atoms. The van der Waals surface area contributed by atoms with Crippen molar-refractivity contribution in [2.75, 3.05) is 5.33 Å². The van der Waals surface area contributed by atoms with Crippen LogP contribution in [0.3, 0.4) is 0 Å². The maximum absolute atomic E-state index is 14.3. The van der Waals surface area contributed by atoms with Gasteiger partial charge in [-0.15, -0.1) is 0 Å². The molecule has 1 amide bonds. The summed E-state index contributed by atoms with van der Waals surface area (Å²) in [5, 5.41) is 2.97. The molecule has 1 atom stereocenters. The van der Waals surface area contributed by atoms with E-state index in [9.17, 15) is 18.8 Å². The van der Waals surface area contributed by atoms with Crippen molar-refractivity contribution >= 4 is 45.2 Å². The van der Waals surface area contributed by atoms with Crippen LogP contribution in [0.15, 0.2) is 29.8 Å². The molecule has 140 valence electrons. The number of esters is 1. The molecule has 1 aliphatic rings. The molecule has 0 radical (unpaired) electrons. The summed E-state index contributed by atoms with van der Waals surface area (Å²) in [4.78, 5) is 36.2. The molecule has 6 nitrogen and oxygen atoms in total. The number of benzene rings is 1. The molecule has 0 saturated carbocycles. The Hall–Kier alpha value is -1.93. The summed E-state index contributed by atoms with van der Waals surface area (Å²) in [6.45, 7) is 2.39. The van der Waals surface area contributed by atoms with Gasteiger partial charge in [-0.25, -0.2) is 4.39 Å². The fourth-order valence-corrected chi connectivity index (χ4v) is 3.09. The van der Waals surface area contributed by atoms with Gasteiger partial charge in [-0.1, -0.05) is 33.6 Å². The van der Waals surface area contributed by atoms with Crippen LogP contribution in [0, 0.1) is 5.82 Å². The molecule has 0 bridgehead atoms. The Morgan fingerprint density at radius 3 is 2.69 bits per heavy atom. The van der Waals surface area contributed by atoms with Gasteiger partial charge >= 0.3 is 5.97 Å². The van der Waals surface area contributed by atoms with Crippen molar-refractivity contribution in [1.29, 1.82) is 0 Å². The third kappa shape index (κ3) is 4.07. The number of ether oxygens (including phenoxy) is 2. The van der Waals surface area contributed by atoms with Crippen molar-refractivity contribution in [1.82, 2.24) is 5.32 Å². The second-order valence-electron chi connectivity index (χ2n) is 5.65. The van der Waals surface area contributed by atoms with Gasteiger partial charge in [-0.3, -0.25) is 19.7 Å². The molecule has 1 aromatic carbocycles. The molecular weight excluding hydrogens is 433 g/mol. The van der Waals surface area contributed by atoms with Crippen LogP contribution in [0.25, 0.3) is 0 Å². The predicted molar refractivity (Wildman–Crippen MR) is 94.8 cm³/mol. The van der Waals surface area contributed by atoms with E-state index >= 15 is 0 Å². The highest BCUT2D eigenvalue weighted by Crippen LogP contribution is 2.42. The zero-order chi connectivity index (χ0) is 19.5. The summed E-state index contributed by atoms with van der Waals surface area (Å²) in [6, 6.07) is 3.91. The number of hydrogen-bond acceptors (Lipinski definition) is 5. The molecule has 9 heteroatoms. The van der Waals surface area contributed by atoms with Crippen molar-refractivity contribution in [2.24, 2.45) is 0 Å². The van der Waals surface area contributed by atoms with E-state index in [0.29, 0.717) is 11.8 Å². The van der Waals surface area contributed by atoms with E-state index in [0.717, 1.165) is 13.0 Å². The van der Waals surface area contributed by atoms with Crippen molar-refractivity contribution in [3.63, 3.8) is 0 Å². The van der Waals surface area contributed by atoms with Gasteiger partial charge in [0, 0.05) is 18.7 Å². The lowest BCUT2D eigenvalue weighted by Gasteiger charge is -2.25. The van der Waals surface area contributed by atoms with E-state index in [4.69, 9.17) is 21.1 Å². The number of halogens is 3. The first-order valence-corrected chi connectivity index (χ1v) is 9.17. The largest absolute Gasteiger partial charge is 0.456 e. The molecule has 1 aromatic rings. The molecule has 0 saturated heterocycles. The van der Waals surface area contributed by atoms with E-state index in [1.165, 1.54) is 19.1 Å². The Morgan fingerprint density at radius 2 is 2.12 bits per heavy atom. The SMILES string of the molecule is CC(=O)OC1=C(NC(=O)CCCBr)OC(C)(c2c(F)cccc2Cl)C1=O. The van der Waals surface area contributed by atoms with E-state index in [-0.39, 0.29) is 22.9 Å². The molecule has 2 rings (SSSR count). The minimum Gasteiger partial charge on any atom is -0.456 e. The average molecular weight is 449 g/mol. The third-order valence-electron chi connectivity index (χ3n) is 3.63. The summed E-state index contributed by atoms with van der Waals surface area (Å²) < 4.78 is 24.8. The number of rotatable bonds is 6. The van der Waals surface area contributed by atoms with Gasteiger partial charge in [-0.05, 0) is 25.5 Å². The summed E-state index contributed by atoms with van der Waals surface area (Å²) in [7, 11) is 0. The minimum absolute atomic E-state index is 0.0325. The van der Waals surface area contributed by atoms with Crippen molar-refractivity contribution < 1.29 is 28.2 Å². The third-order valence-corrected chi connectivity index (χ3v) is 4.50. The van der Waals surface area contributed by atoms with Crippen LogP contribution in [-0.2, 0) is 29.5 Å². The fourth-order valence-electron chi connectivity index (χ4n) is 2.47. The molecule has 1 heterocycles. The lowest BCUT2D eigenvalue weighted by atomic mass is 9.91. The predicted octanol–water partition coefficient (Wildman–Crippen LogP) is 3.32. The minimum atomic E-state index is -1.88. The van der Waals surface area contributed by atoms with Crippen LogP contribution in [-0.4, -0.2) is 23.0 Å². The van der Waals surface area contributed by atoms with E-state index in [2.05, 4.69) is 21.2 Å². The van der Waals surface area contributed by atoms with Crippen LogP contribution in [0.1, 0.15) is 32.3 Å². The fraction of sp³-hybridized carbons (Fsp3) is 0.353. The van der Waals surface area contributed by atoms with Crippen LogP contribution in [0.5, 0.6) is 0 Å². The normalized spacial score (nSPS) is 19.3. The summed E-state index contributed by atoms with van der Waals surface area (Å²) in [5.41, 5.74) is -2.09. The van der Waals surface area contributed by atoms with Crippen molar-refractivity contribution in [3.05, 3.63) is 46.2 Å². The Kier molecular flexibility index (Phi) is 6.41. The topological polar surface area (TPSA) is 81.7 Å². The van der Waals surface area contributed by atoms with Gasteiger partial charge in [0.25, 0.3) is 5.78 Å².